The highest BCUT2D eigenvalue weighted by Gasteiger charge is 2.37. The van der Waals surface area contributed by atoms with Crippen molar-refractivity contribution >= 4 is 29.1 Å². The maximum absolute atomic E-state index is 13.9. The Labute approximate surface area is 184 Å². The first-order valence-corrected chi connectivity index (χ1v) is 9.69. The minimum absolute atomic E-state index is 0.0977. The molecule has 13 heteroatoms. The highest BCUT2D eigenvalue weighted by Crippen LogP contribution is 2.32. The van der Waals surface area contributed by atoms with Crippen molar-refractivity contribution in [1.29, 1.82) is 0 Å². The van der Waals surface area contributed by atoms with Crippen LogP contribution in [-0.2, 0) is 14.3 Å². The van der Waals surface area contributed by atoms with Gasteiger partial charge in [-0.2, -0.15) is 0 Å². The maximum atomic E-state index is 13.9. The third kappa shape index (κ3) is 6.04. The van der Waals surface area contributed by atoms with Crippen molar-refractivity contribution in [2.45, 2.75) is 30.5 Å². The molecule has 1 aliphatic heterocycles. The van der Waals surface area contributed by atoms with E-state index in [1.165, 1.54) is 18.7 Å². The van der Waals surface area contributed by atoms with Crippen LogP contribution in [0.1, 0.15) is 18.0 Å². The van der Waals surface area contributed by atoms with Gasteiger partial charge in [0.15, 0.2) is 0 Å². The lowest BCUT2D eigenvalue weighted by Gasteiger charge is -2.32. The molecule has 32 heavy (non-hydrogen) atoms. The lowest BCUT2D eigenvalue weighted by molar-refractivity contribution is -0.274. The number of carbonyl (C=O) groups is 2. The highest BCUT2D eigenvalue weighted by atomic mass is 35.5. The van der Waals surface area contributed by atoms with Crippen LogP contribution in [-0.4, -0.2) is 53.0 Å². The normalized spacial score (nSPS) is 18.0. The average molecular weight is 477 g/mol. The van der Waals surface area contributed by atoms with Crippen LogP contribution in [0.2, 0.25) is 0 Å². The van der Waals surface area contributed by atoms with Crippen LogP contribution in [0.3, 0.4) is 0 Å². The van der Waals surface area contributed by atoms with Crippen molar-refractivity contribution in [2.75, 3.05) is 18.1 Å². The molecule has 3 rings (SSSR count). The van der Waals surface area contributed by atoms with Gasteiger partial charge in [-0.15, -0.1) is 13.2 Å². The standard InChI is InChI=1S/C19H17ClF4N4O4/c20-16(21)18(30)28(13-1-3-14(4-2-13)32-19(22,23)24)15(11-7-25-10-26-8-11)17(29)27-12-5-6-31-9-12/h1-4,7-8,10,12,15-16H,5-6,9H2,(H,27,29)/t12?,15-,16+/m1/s1. The number of amides is 2. The largest absolute Gasteiger partial charge is 0.573 e. The van der Waals surface area contributed by atoms with E-state index >= 15 is 0 Å². The average Bonchev–Trinajstić information content (AvgIpc) is 3.24. The van der Waals surface area contributed by atoms with E-state index in [2.05, 4.69) is 20.0 Å². The number of anilines is 1. The summed E-state index contributed by atoms with van der Waals surface area (Å²) >= 11 is 5.38. The van der Waals surface area contributed by atoms with Crippen molar-refractivity contribution in [3.8, 4) is 5.75 Å². The molecule has 172 valence electrons. The fourth-order valence-electron chi connectivity index (χ4n) is 3.12. The maximum Gasteiger partial charge on any atom is 0.573 e. The summed E-state index contributed by atoms with van der Waals surface area (Å²) in [6.45, 7) is 0.685. The van der Waals surface area contributed by atoms with Gasteiger partial charge >= 0.3 is 6.36 Å². The number of ether oxygens (including phenoxy) is 2. The quantitative estimate of drug-likeness (QED) is 0.488. The number of carbonyl (C=O) groups excluding carboxylic acids is 2. The highest BCUT2D eigenvalue weighted by molar-refractivity contribution is 6.32. The van der Waals surface area contributed by atoms with E-state index in [1.807, 2.05) is 0 Å². The number of nitrogens with zero attached hydrogens (tertiary/aromatic N) is 3. The van der Waals surface area contributed by atoms with E-state index in [-0.39, 0.29) is 23.9 Å². The van der Waals surface area contributed by atoms with Gasteiger partial charge in [0.1, 0.15) is 18.1 Å². The number of halogens is 5. The van der Waals surface area contributed by atoms with Crippen molar-refractivity contribution in [2.24, 2.45) is 0 Å². The molecule has 8 nitrogen and oxygen atoms in total. The Morgan fingerprint density at radius 3 is 2.41 bits per heavy atom. The zero-order chi connectivity index (χ0) is 23.3. The van der Waals surface area contributed by atoms with E-state index in [4.69, 9.17) is 16.3 Å². The number of aromatic nitrogens is 2. The van der Waals surface area contributed by atoms with Crippen molar-refractivity contribution < 1.29 is 36.6 Å². The van der Waals surface area contributed by atoms with Crippen molar-refractivity contribution in [3.63, 3.8) is 0 Å². The summed E-state index contributed by atoms with van der Waals surface area (Å²) in [6, 6.07) is 2.18. The van der Waals surface area contributed by atoms with Crippen LogP contribution >= 0.6 is 11.6 Å². The molecule has 0 spiro atoms. The van der Waals surface area contributed by atoms with Crippen LogP contribution in [0.4, 0.5) is 23.2 Å². The Morgan fingerprint density at radius 1 is 1.22 bits per heavy atom. The first-order valence-electron chi connectivity index (χ1n) is 9.26. The van der Waals surface area contributed by atoms with Gasteiger partial charge in [-0.05, 0) is 30.7 Å². The molecular weight excluding hydrogens is 460 g/mol. The summed E-state index contributed by atoms with van der Waals surface area (Å²) in [6.07, 6.45) is -0.693. The number of nitrogens with one attached hydrogen (secondary N) is 1. The van der Waals surface area contributed by atoms with Gasteiger partial charge < -0.3 is 14.8 Å². The molecule has 0 aliphatic carbocycles. The van der Waals surface area contributed by atoms with Crippen molar-refractivity contribution in [1.82, 2.24) is 15.3 Å². The summed E-state index contributed by atoms with van der Waals surface area (Å²) in [5.41, 5.74) is -2.50. The molecule has 0 saturated carbocycles. The van der Waals surface area contributed by atoms with Crippen LogP contribution < -0.4 is 15.0 Å². The van der Waals surface area contributed by atoms with E-state index in [0.29, 0.717) is 13.0 Å². The molecule has 2 heterocycles. The topological polar surface area (TPSA) is 93.6 Å². The number of benzene rings is 1. The second-order valence-corrected chi connectivity index (χ2v) is 7.08. The molecule has 1 aromatic heterocycles. The summed E-state index contributed by atoms with van der Waals surface area (Å²) in [5.74, 6) is -2.57. The molecule has 1 unspecified atom stereocenters. The lowest BCUT2D eigenvalue weighted by atomic mass is 10.1. The van der Waals surface area contributed by atoms with E-state index < -0.39 is 35.6 Å². The SMILES string of the molecule is O=C(NC1CCOC1)[C@@H](c1cncnc1)N(C(=O)[C@H](F)Cl)c1ccc(OC(F)(F)F)cc1. The first-order chi connectivity index (χ1) is 15.2. The molecule has 1 saturated heterocycles. The Bertz CT molecular complexity index is 925. The zero-order valence-electron chi connectivity index (χ0n) is 16.3. The van der Waals surface area contributed by atoms with Gasteiger partial charge in [0.25, 0.3) is 11.5 Å². The monoisotopic (exact) mass is 476 g/mol. The second kappa shape index (κ2) is 10.1. The van der Waals surface area contributed by atoms with Crippen LogP contribution in [0.25, 0.3) is 0 Å². The van der Waals surface area contributed by atoms with Gasteiger partial charge in [0.2, 0.25) is 5.91 Å². The molecule has 1 N–H and O–H groups in total. The number of hydrogen-bond donors (Lipinski definition) is 1. The van der Waals surface area contributed by atoms with Gasteiger partial charge in [0, 0.05) is 30.3 Å². The first kappa shape index (κ1) is 23.7. The number of hydrogen-bond acceptors (Lipinski definition) is 6. The third-order valence-electron chi connectivity index (χ3n) is 4.45. The lowest BCUT2D eigenvalue weighted by Crippen LogP contribution is -2.48. The summed E-state index contributed by atoms with van der Waals surface area (Å²) in [4.78, 5) is 34.2. The van der Waals surface area contributed by atoms with Gasteiger partial charge in [-0.1, -0.05) is 11.6 Å². The third-order valence-corrected chi connectivity index (χ3v) is 4.64. The van der Waals surface area contributed by atoms with Crippen molar-refractivity contribution in [3.05, 3.63) is 48.5 Å². The molecule has 1 aromatic carbocycles. The smallest absolute Gasteiger partial charge is 0.406 e. The molecular formula is C19H17ClF4N4O4. The molecule has 1 aliphatic rings. The summed E-state index contributed by atoms with van der Waals surface area (Å²) in [7, 11) is 0. The molecule has 3 atom stereocenters. The zero-order valence-corrected chi connectivity index (χ0v) is 17.0. The van der Waals surface area contributed by atoms with E-state index in [1.54, 1.807) is 0 Å². The molecule has 2 aromatic rings. The van der Waals surface area contributed by atoms with Crippen LogP contribution in [0.5, 0.6) is 5.75 Å². The second-order valence-electron chi connectivity index (χ2n) is 6.69. The summed E-state index contributed by atoms with van der Waals surface area (Å²) < 4.78 is 60.3. The summed E-state index contributed by atoms with van der Waals surface area (Å²) in [5, 5.41) is 2.71. The predicted molar refractivity (Wildman–Crippen MR) is 103 cm³/mol. The number of alkyl halides is 5. The van der Waals surface area contributed by atoms with E-state index in [9.17, 15) is 27.2 Å². The van der Waals surface area contributed by atoms with Gasteiger partial charge in [0.05, 0.1) is 12.6 Å². The minimum Gasteiger partial charge on any atom is -0.406 e. The fraction of sp³-hybridized carbons (Fsp3) is 0.368. The minimum atomic E-state index is -4.93. The van der Waals surface area contributed by atoms with Gasteiger partial charge in [-0.3, -0.25) is 14.5 Å². The van der Waals surface area contributed by atoms with E-state index in [0.717, 1.165) is 29.2 Å². The molecule has 0 bridgehead atoms. The fourth-order valence-corrected chi connectivity index (χ4v) is 3.22. The van der Waals surface area contributed by atoms with Gasteiger partial charge in [-0.25, -0.2) is 14.4 Å². The van der Waals surface area contributed by atoms with Crippen LogP contribution in [0.15, 0.2) is 43.0 Å². The predicted octanol–water partition coefficient (Wildman–Crippen LogP) is 2.89. The van der Waals surface area contributed by atoms with Crippen LogP contribution in [0, 0.1) is 0 Å². The molecule has 0 radical (unpaired) electrons. The molecule has 2 amide bonds. The Morgan fingerprint density at radius 2 is 1.88 bits per heavy atom. The Balaban J connectivity index is 2.00. The Kier molecular flexibility index (Phi) is 7.46. The molecule has 1 fully saturated rings. The Hall–Kier alpha value is -2.99. The number of rotatable bonds is 7.